The number of nitrogens with zero attached hydrogens (tertiary/aromatic N) is 2. The Labute approximate surface area is 187 Å². The van der Waals surface area contributed by atoms with Crippen molar-refractivity contribution in [2.45, 2.75) is 37.2 Å². The Hall–Kier alpha value is -3.11. The topological polar surface area (TPSA) is 40.6 Å². The molecular weight excluding hydrogens is 408 g/mol. The number of β-lactam (4-membered cyclic amide) rings is 1. The first-order chi connectivity index (χ1) is 14.9. The number of hydrogen-bond acceptors (Lipinski definition) is 2. The summed E-state index contributed by atoms with van der Waals surface area (Å²) >= 11 is 6.76. The van der Waals surface area contributed by atoms with Gasteiger partial charge in [-0.15, -0.1) is 11.6 Å². The van der Waals surface area contributed by atoms with Crippen LogP contribution in [0, 0.1) is 6.92 Å². The highest BCUT2D eigenvalue weighted by Crippen LogP contribution is 2.55. The maximum atomic E-state index is 13.6. The van der Waals surface area contributed by atoms with Gasteiger partial charge in [-0.2, -0.15) is 0 Å². The van der Waals surface area contributed by atoms with Crippen molar-refractivity contribution in [3.8, 4) is 0 Å². The molecule has 2 heterocycles. The van der Waals surface area contributed by atoms with Crippen LogP contribution in [-0.4, -0.2) is 23.2 Å². The molecule has 0 aliphatic carbocycles. The summed E-state index contributed by atoms with van der Waals surface area (Å²) in [4.78, 5) is 30.3. The number of para-hydroxylation sites is 2. The number of aryl methyl sites for hydroxylation is 1. The van der Waals surface area contributed by atoms with Crippen molar-refractivity contribution < 1.29 is 9.59 Å². The minimum atomic E-state index is -0.701. The van der Waals surface area contributed by atoms with Crippen molar-refractivity contribution in [3.05, 3.63) is 95.6 Å². The Bertz CT molecular complexity index is 1160. The van der Waals surface area contributed by atoms with Crippen molar-refractivity contribution in [1.82, 2.24) is 0 Å². The molecule has 4 nitrogen and oxygen atoms in total. The predicted octanol–water partition coefficient (Wildman–Crippen LogP) is 5.28. The van der Waals surface area contributed by atoms with Gasteiger partial charge in [-0.3, -0.25) is 14.5 Å². The molecule has 1 fully saturated rings. The van der Waals surface area contributed by atoms with Crippen LogP contribution in [-0.2, 0) is 10.3 Å². The summed E-state index contributed by atoms with van der Waals surface area (Å²) in [6.45, 7) is 4.07. The number of carbonyl (C=O) groups is 2. The first-order valence-corrected chi connectivity index (χ1v) is 10.9. The lowest BCUT2D eigenvalue weighted by molar-refractivity contribution is -0.127. The van der Waals surface area contributed by atoms with Crippen LogP contribution in [0.2, 0.25) is 0 Å². The number of rotatable bonds is 2. The fourth-order valence-corrected chi connectivity index (χ4v) is 5.40. The molecule has 3 aromatic carbocycles. The van der Waals surface area contributed by atoms with Crippen LogP contribution in [0.25, 0.3) is 0 Å². The fourth-order valence-electron chi connectivity index (χ4n) is 4.99. The molecule has 0 saturated carbocycles. The molecular formula is C26H23ClN2O2. The Morgan fingerprint density at radius 1 is 0.935 bits per heavy atom. The molecule has 0 radical (unpaired) electrons. The molecule has 2 aliphatic heterocycles. The van der Waals surface area contributed by atoms with E-state index in [2.05, 4.69) is 0 Å². The highest BCUT2D eigenvalue weighted by Gasteiger charge is 2.63. The van der Waals surface area contributed by atoms with E-state index in [0.29, 0.717) is 12.0 Å². The van der Waals surface area contributed by atoms with Crippen LogP contribution in [0.1, 0.15) is 34.8 Å². The number of amides is 2. The van der Waals surface area contributed by atoms with Gasteiger partial charge in [0, 0.05) is 11.6 Å². The summed E-state index contributed by atoms with van der Waals surface area (Å²) in [5.74, 6) is -0.212. The van der Waals surface area contributed by atoms with Crippen molar-refractivity contribution in [2.24, 2.45) is 0 Å². The average Bonchev–Trinajstić information content (AvgIpc) is 2.90. The van der Waals surface area contributed by atoms with Gasteiger partial charge in [0.15, 0.2) is 0 Å². The molecule has 2 amide bonds. The van der Waals surface area contributed by atoms with E-state index in [0.717, 1.165) is 22.5 Å². The summed E-state index contributed by atoms with van der Waals surface area (Å²) in [6, 6.07) is 24.9. The van der Waals surface area contributed by atoms with Gasteiger partial charge in [-0.05, 0) is 50.1 Å². The Balaban J connectivity index is 1.70. The maximum Gasteiger partial charge on any atom is 0.258 e. The highest BCUT2D eigenvalue weighted by molar-refractivity contribution is 6.38. The molecule has 3 aromatic rings. The van der Waals surface area contributed by atoms with Crippen LogP contribution in [0.4, 0.5) is 11.4 Å². The second kappa shape index (κ2) is 7.24. The van der Waals surface area contributed by atoms with Crippen LogP contribution in [0.15, 0.2) is 78.9 Å². The highest BCUT2D eigenvalue weighted by atomic mass is 35.5. The quantitative estimate of drug-likeness (QED) is 0.409. The second-order valence-electron chi connectivity index (χ2n) is 8.41. The van der Waals surface area contributed by atoms with Crippen LogP contribution in [0.3, 0.4) is 0 Å². The van der Waals surface area contributed by atoms with Crippen molar-refractivity contribution in [2.75, 3.05) is 9.80 Å². The van der Waals surface area contributed by atoms with E-state index in [-0.39, 0.29) is 17.9 Å². The SMILES string of the molecule is Cc1ccc([C@]23C[C@H](C)N(C(=O)c4ccccc4)c4ccccc4N2C(=O)[C@H]3Cl)cc1. The van der Waals surface area contributed by atoms with E-state index in [1.807, 2.05) is 97.6 Å². The van der Waals surface area contributed by atoms with Crippen molar-refractivity contribution in [3.63, 3.8) is 0 Å². The molecule has 0 spiro atoms. The zero-order valence-electron chi connectivity index (χ0n) is 17.5. The third-order valence-corrected chi connectivity index (χ3v) is 7.02. The largest absolute Gasteiger partial charge is 0.303 e. The fraction of sp³-hybridized carbons (Fsp3) is 0.231. The van der Waals surface area contributed by atoms with Crippen LogP contribution >= 0.6 is 11.6 Å². The monoisotopic (exact) mass is 430 g/mol. The van der Waals surface area contributed by atoms with Gasteiger partial charge >= 0.3 is 0 Å². The second-order valence-corrected chi connectivity index (χ2v) is 8.85. The summed E-state index contributed by atoms with van der Waals surface area (Å²) in [5, 5.41) is -0.683. The van der Waals surface area contributed by atoms with E-state index in [4.69, 9.17) is 11.6 Å². The van der Waals surface area contributed by atoms with Gasteiger partial charge in [0.05, 0.1) is 11.4 Å². The lowest BCUT2D eigenvalue weighted by Crippen LogP contribution is -2.71. The van der Waals surface area contributed by atoms with E-state index in [1.165, 1.54) is 0 Å². The molecule has 3 atom stereocenters. The van der Waals surface area contributed by atoms with Gasteiger partial charge in [0.1, 0.15) is 10.9 Å². The lowest BCUT2D eigenvalue weighted by Gasteiger charge is -2.55. The van der Waals surface area contributed by atoms with E-state index in [1.54, 1.807) is 4.90 Å². The number of carbonyl (C=O) groups excluding carboxylic acids is 2. The molecule has 5 rings (SSSR count). The Morgan fingerprint density at radius 2 is 1.55 bits per heavy atom. The molecule has 5 heteroatoms. The first-order valence-electron chi connectivity index (χ1n) is 10.5. The summed E-state index contributed by atoms with van der Waals surface area (Å²) in [5.41, 5.74) is 3.51. The first kappa shape index (κ1) is 19.8. The van der Waals surface area contributed by atoms with Gasteiger partial charge in [-0.1, -0.05) is 60.2 Å². The van der Waals surface area contributed by atoms with Crippen LogP contribution in [0.5, 0.6) is 0 Å². The molecule has 0 unspecified atom stereocenters. The number of fused-ring (bicyclic) bond motifs is 3. The Morgan fingerprint density at radius 3 is 2.23 bits per heavy atom. The van der Waals surface area contributed by atoms with Crippen molar-refractivity contribution >= 4 is 34.8 Å². The van der Waals surface area contributed by atoms with Gasteiger partial charge < -0.3 is 4.90 Å². The molecule has 0 bridgehead atoms. The van der Waals surface area contributed by atoms with E-state index >= 15 is 0 Å². The number of hydrogen-bond donors (Lipinski definition) is 0. The molecule has 31 heavy (non-hydrogen) atoms. The number of benzene rings is 3. The average molecular weight is 431 g/mol. The molecule has 0 N–H and O–H groups in total. The molecule has 2 aliphatic rings. The normalized spacial score (nSPS) is 24.7. The van der Waals surface area contributed by atoms with Crippen LogP contribution < -0.4 is 9.80 Å². The zero-order valence-corrected chi connectivity index (χ0v) is 18.2. The van der Waals surface area contributed by atoms with Gasteiger partial charge in [0.2, 0.25) is 5.91 Å². The zero-order chi connectivity index (χ0) is 21.8. The summed E-state index contributed by atoms with van der Waals surface area (Å²) in [7, 11) is 0. The maximum absolute atomic E-state index is 13.6. The third-order valence-electron chi connectivity index (χ3n) is 6.48. The predicted molar refractivity (Wildman–Crippen MR) is 124 cm³/mol. The lowest BCUT2D eigenvalue weighted by atomic mass is 9.72. The number of anilines is 2. The smallest absolute Gasteiger partial charge is 0.258 e. The molecule has 156 valence electrons. The number of halogens is 1. The third kappa shape index (κ3) is 2.82. The minimum Gasteiger partial charge on any atom is -0.303 e. The summed E-state index contributed by atoms with van der Waals surface area (Å²) in [6.07, 6.45) is 0.545. The van der Waals surface area contributed by atoms with E-state index in [9.17, 15) is 9.59 Å². The minimum absolute atomic E-state index is 0.0827. The van der Waals surface area contributed by atoms with Crippen molar-refractivity contribution in [1.29, 1.82) is 0 Å². The standard InChI is InChI=1S/C26H23ClN2O2/c1-17-12-14-20(15-13-17)26-16-18(2)28(24(30)19-8-4-3-5-9-19)21-10-6-7-11-22(21)29(26)25(31)23(26)27/h3-15,18,23H,16H2,1-2H3/t18-,23+,26-/m0/s1. The van der Waals surface area contributed by atoms with E-state index < -0.39 is 10.9 Å². The molecule has 1 saturated heterocycles. The number of alkyl halides is 1. The molecule has 0 aromatic heterocycles. The van der Waals surface area contributed by atoms with Gasteiger partial charge in [-0.25, -0.2) is 0 Å². The Kier molecular flexibility index (Phi) is 4.63. The van der Waals surface area contributed by atoms with Gasteiger partial charge in [0.25, 0.3) is 5.91 Å². The summed E-state index contributed by atoms with van der Waals surface area (Å²) < 4.78 is 0.